The highest BCUT2D eigenvalue weighted by Gasteiger charge is 2.05. The van der Waals surface area contributed by atoms with Crippen molar-refractivity contribution in [1.29, 1.82) is 0 Å². The number of carbonyl (C=O) groups excluding carboxylic acids is 1. The molecule has 0 heterocycles. The highest BCUT2D eigenvalue weighted by atomic mass is 35.5. The van der Waals surface area contributed by atoms with E-state index in [2.05, 4.69) is 17.2 Å². The zero-order valence-corrected chi connectivity index (χ0v) is 12.2. The van der Waals surface area contributed by atoms with Crippen LogP contribution in [-0.2, 0) is 6.54 Å². The van der Waals surface area contributed by atoms with Crippen molar-refractivity contribution in [1.82, 2.24) is 5.32 Å². The predicted molar refractivity (Wildman–Crippen MR) is 85.0 cm³/mol. The van der Waals surface area contributed by atoms with Gasteiger partial charge in [0.15, 0.2) is 0 Å². The molecule has 2 aromatic carbocycles. The summed E-state index contributed by atoms with van der Waals surface area (Å²) in [6.07, 6.45) is 0. The van der Waals surface area contributed by atoms with E-state index in [1.165, 1.54) is 0 Å². The van der Waals surface area contributed by atoms with Crippen LogP contribution in [0.25, 0.3) is 0 Å². The second-order valence-corrected chi connectivity index (χ2v) is 4.83. The standard InChI is InChI=1S/C17H15ClN2O/c18-16-8-6-14(7-9-16)12-20-17(21)15-5-1-3-13(11-15)4-2-10-19/h1,3,5-9,11H,10,12,19H2,(H,20,21). The summed E-state index contributed by atoms with van der Waals surface area (Å²) in [4.78, 5) is 12.1. The fraction of sp³-hybridized carbons (Fsp3) is 0.118. The third-order valence-corrected chi connectivity index (χ3v) is 3.08. The first-order valence-corrected chi connectivity index (χ1v) is 6.88. The van der Waals surface area contributed by atoms with E-state index in [4.69, 9.17) is 17.3 Å². The highest BCUT2D eigenvalue weighted by molar-refractivity contribution is 6.30. The van der Waals surface area contributed by atoms with E-state index >= 15 is 0 Å². The topological polar surface area (TPSA) is 55.1 Å². The Labute approximate surface area is 129 Å². The zero-order valence-electron chi connectivity index (χ0n) is 11.4. The number of nitrogens with two attached hydrogens (primary N) is 1. The summed E-state index contributed by atoms with van der Waals surface area (Å²) >= 11 is 5.82. The summed E-state index contributed by atoms with van der Waals surface area (Å²) in [6, 6.07) is 14.5. The third kappa shape index (κ3) is 4.64. The van der Waals surface area contributed by atoms with Crippen LogP contribution < -0.4 is 11.1 Å². The van der Waals surface area contributed by atoms with E-state index in [9.17, 15) is 4.79 Å². The summed E-state index contributed by atoms with van der Waals surface area (Å²) in [5.41, 5.74) is 7.68. The minimum absolute atomic E-state index is 0.138. The maximum Gasteiger partial charge on any atom is 0.251 e. The van der Waals surface area contributed by atoms with Crippen LogP contribution in [0.3, 0.4) is 0 Å². The predicted octanol–water partition coefficient (Wildman–Crippen LogP) is 2.58. The van der Waals surface area contributed by atoms with Crippen molar-refractivity contribution in [3.63, 3.8) is 0 Å². The lowest BCUT2D eigenvalue weighted by molar-refractivity contribution is 0.0951. The second kappa shape index (κ2) is 7.49. The Morgan fingerprint density at radius 1 is 1.19 bits per heavy atom. The van der Waals surface area contributed by atoms with Gasteiger partial charge in [0.25, 0.3) is 5.91 Å². The average Bonchev–Trinajstić information content (AvgIpc) is 2.52. The van der Waals surface area contributed by atoms with Crippen LogP contribution in [-0.4, -0.2) is 12.5 Å². The molecule has 0 aliphatic rings. The molecule has 0 spiro atoms. The first-order valence-electron chi connectivity index (χ1n) is 6.50. The van der Waals surface area contributed by atoms with Gasteiger partial charge < -0.3 is 11.1 Å². The molecule has 0 fully saturated rings. The molecule has 1 amide bonds. The molecule has 0 bridgehead atoms. The SMILES string of the molecule is NCC#Cc1cccc(C(=O)NCc2ccc(Cl)cc2)c1. The fourth-order valence-electron chi connectivity index (χ4n) is 1.78. The average molecular weight is 299 g/mol. The summed E-state index contributed by atoms with van der Waals surface area (Å²) < 4.78 is 0. The fourth-order valence-corrected chi connectivity index (χ4v) is 1.90. The summed E-state index contributed by atoms with van der Waals surface area (Å²) in [5.74, 6) is 5.54. The van der Waals surface area contributed by atoms with Crippen LogP contribution in [0.5, 0.6) is 0 Å². The molecule has 2 rings (SSSR count). The van der Waals surface area contributed by atoms with Crippen molar-refractivity contribution in [3.05, 3.63) is 70.2 Å². The van der Waals surface area contributed by atoms with Gasteiger partial charge in [0.1, 0.15) is 0 Å². The zero-order chi connectivity index (χ0) is 15.1. The molecular formula is C17H15ClN2O. The number of nitrogens with one attached hydrogen (secondary N) is 1. The monoisotopic (exact) mass is 298 g/mol. The minimum Gasteiger partial charge on any atom is -0.348 e. The molecule has 3 nitrogen and oxygen atoms in total. The van der Waals surface area contributed by atoms with Crippen molar-refractivity contribution < 1.29 is 4.79 Å². The van der Waals surface area contributed by atoms with Crippen LogP contribution >= 0.6 is 11.6 Å². The lowest BCUT2D eigenvalue weighted by Gasteiger charge is -2.06. The molecule has 4 heteroatoms. The number of amides is 1. The van der Waals surface area contributed by atoms with E-state index in [0.29, 0.717) is 23.7 Å². The van der Waals surface area contributed by atoms with Gasteiger partial charge in [-0.1, -0.05) is 41.6 Å². The van der Waals surface area contributed by atoms with E-state index in [-0.39, 0.29) is 5.91 Å². The van der Waals surface area contributed by atoms with Crippen molar-refractivity contribution in [2.75, 3.05) is 6.54 Å². The molecule has 0 aliphatic heterocycles. The van der Waals surface area contributed by atoms with Gasteiger partial charge in [-0.25, -0.2) is 0 Å². The summed E-state index contributed by atoms with van der Waals surface area (Å²) in [5, 5.41) is 3.54. The van der Waals surface area contributed by atoms with Gasteiger partial charge in [0.05, 0.1) is 6.54 Å². The molecule has 2 aromatic rings. The first-order chi connectivity index (χ1) is 10.2. The Hall–Kier alpha value is -2.28. The molecule has 0 saturated heterocycles. The number of halogens is 1. The van der Waals surface area contributed by atoms with Crippen LogP contribution in [0.1, 0.15) is 21.5 Å². The van der Waals surface area contributed by atoms with Gasteiger partial charge in [0.2, 0.25) is 0 Å². The number of rotatable bonds is 3. The largest absolute Gasteiger partial charge is 0.348 e. The first kappa shape index (κ1) is 15.1. The molecule has 0 aromatic heterocycles. The van der Waals surface area contributed by atoms with Crippen LogP contribution in [0.2, 0.25) is 5.02 Å². The third-order valence-electron chi connectivity index (χ3n) is 2.83. The van der Waals surface area contributed by atoms with Gasteiger partial charge >= 0.3 is 0 Å². The van der Waals surface area contributed by atoms with Gasteiger partial charge in [0, 0.05) is 22.7 Å². The Morgan fingerprint density at radius 2 is 1.95 bits per heavy atom. The molecule has 0 saturated carbocycles. The molecule has 106 valence electrons. The molecular weight excluding hydrogens is 284 g/mol. The van der Waals surface area contributed by atoms with Crippen molar-refractivity contribution in [2.24, 2.45) is 5.73 Å². The second-order valence-electron chi connectivity index (χ2n) is 4.40. The Kier molecular flexibility index (Phi) is 5.39. The molecule has 0 radical (unpaired) electrons. The Morgan fingerprint density at radius 3 is 2.67 bits per heavy atom. The smallest absolute Gasteiger partial charge is 0.251 e. The van der Waals surface area contributed by atoms with Gasteiger partial charge in [-0.05, 0) is 35.9 Å². The van der Waals surface area contributed by atoms with Crippen LogP contribution in [0.15, 0.2) is 48.5 Å². The summed E-state index contributed by atoms with van der Waals surface area (Å²) in [6.45, 7) is 0.752. The Bertz CT molecular complexity index is 684. The number of hydrogen-bond donors (Lipinski definition) is 2. The van der Waals surface area contributed by atoms with Crippen molar-refractivity contribution >= 4 is 17.5 Å². The van der Waals surface area contributed by atoms with E-state index < -0.39 is 0 Å². The maximum absolute atomic E-state index is 12.1. The number of hydrogen-bond acceptors (Lipinski definition) is 2. The molecule has 0 atom stereocenters. The summed E-state index contributed by atoms with van der Waals surface area (Å²) in [7, 11) is 0. The van der Waals surface area contributed by atoms with Crippen molar-refractivity contribution in [3.8, 4) is 11.8 Å². The van der Waals surface area contributed by atoms with E-state index in [1.54, 1.807) is 30.3 Å². The molecule has 3 N–H and O–H groups in total. The number of carbonyl (C=O) groups is 1. The lowest BCUT2D eigenvalue weighted by Crippen LogP contribution is -2.22. The quantitative estimate of drug-likeness (QED) is 0.856. The highest BCUT2D eigenvalue weighted by Crippen LogP contribution is 2.10. The van der Waals surface area contributed by atoms with Gasteiger partial charge in [-0.15, -0.1) is 0 Å². The van der Waals surface area contributed by atoms with Gasteiger partial charge in [-0.3, -0.25) is 4.79 Å². The van der Waals surface area contributed by atoms with E-state index in [0.717, 1.165) is 11.1 Å². The van der Waals surface area contributed by atoms with Gasteiger partial charge in [-0.2, -0.15) is 0 Å². The lowest BCUT2D eigenvalue weighted by atomic mass is 10.1. The number of benzene rings is 2. The van der Waals surface area contributed by atoms with Crippen molar-refractivity contribution in [2.45, 2.75) is 6.54 Å². The Balaban J connectivity index is 2.01. The molecule has 21 heavy (non-hydrogen) atoms. The maximum atomic E-state index is 12.1. The van der Waals surface area contributed by atoms with Crippen LogP contribution in [0.4, 0.5) is 0 Å². The molecule has 0 aliphatic carbocycles. The minimum atomic E-state index is -0.138. The normalized spacial score (nSPS) is 9.62. The van der Waals surface area contributed by atoms with Crippen LogP contribution in [0, 0.1) is 11.8 Å². The van der Waals surface area contributed by atoms with E-state index in [1.807, 2.05) is 18.2 Å². The molecule has 0 unspecified atom stereocenters.